The average molecular weight is 264 g/mol. The number of aromatic nitrogens is 2. The zero-order valence-corrected chi connectivity index (χ0v) is 12.2. The number of nitrogens with zero attached hydrogens (tertiary/aromatic N) is 2. The summed E-state index contributed by atoms with van der Waals surface area (Å²) in [6.07, 6.45) is 5.05. The van der Waals surface area contributed by atoms with E-state index in [1.165, 1.54) is 6.20 Å². The molecule has 0 bridgehead atoms. The van der Waals surface area contributed by atoms with E-state index in [0.717, 1.165) is 19.4 Å². The lowest BCUT2D eigenvalue weighted by Crippen LogP contribution is -2.38. The number of rotatable bonds is 7. The predicted octanol–water partition coefficient (Wildman–Crippen LogP) is 2.46. The topological polar surface area (TPSA) is 66.9 Å². The average Bonchev–Trinajstić information content (AvgIpc) is 2.42. The summed E-state index contributed by atoms with van der Waals surface area (Å²) in [6, 6.07) is 0.173. The van der Waals surface area contributed by atoms with Crippen LogP contribution in [0.25, 0.3) is 0 Å². The summed E-state index contributed by atoms with van der Waals surface area (Å²) in [5.74, 6) is 0.955. The Hall–Kier alpha value is -1.65. The second kappa shape index (κ2) is 7.71. The van der Waals surface area contributed by atoms with Gasteiger partial charge in [0.2, 0.25) is 0 Å². The fourth-order valence-corrected chi connectivity index (χ4v) is 1.77. The molecule has 5 heteroatoms. The van der Waals surface area contributed by atoms with Crippen LogP contribution in [0, 0.1) is 5.92 Å². The largest absolute Gasteiger partial charge is 0.369 e. The molecule has 1 unspecified atom stereocenters. The maximum absolute atomic E-state index is 12.0. The van der Waals surface area contributed by atoms with Gasteiger partial charge in [-0.25, -0.2) is 9.97 Å². The Morgan fingerprint density at radius 3 is 2.47 bits per heavy atom. The van der Waals surface area contributed by atoms with Gasteiger partial charge in [-0.1, -0.05) is 27.7 Å². The van der Waals surface area contributed by atoms with Gasteiger partial charge in [0.15, 0.2) is 0 Å². The number of anilines is 1. The summed E-state index contributed by atoms with van der Waals surface area (Å²) < 4.78 is 0. The summed E-state index contributed by atoms with van der Waals surface area (Å²) in [5.41, 5.74) is 0.362. The van der Waals surface area contributed by atoms with Gasteiger partial charge in [0.1, 0.15) is 11.5 Å². The fourth-order valence-electron chi connectivity index (χ4n) is 1.77. The lowest BCUT2D eigenvalue weighted by atomic mass is 10.0. The van der Waals surface area contributed by atoms with Crippen molar-refractivity contribution in [3.05, 3.63) is 18.1 Å². The molecule has 1 aromatic rings. The highest BCUT2D eigenvalue weighted by Gasteiger charge is 2.16. The van der Waals surface area contributed by atoms with Crippen LogP contribution >= 0.6 is 0 Å². The van der Waals surface area contributed by atoms with Crippen LogP contribution in [0.1, 0.15) is 51.0 Å². The molecule has 0 aliphatic heterocycles. The van der Waals surface area contributed by atoms with E-state index >= 15 is 0 Å². The van der Waals surface area contributed by atoms with E-state index in [0.29, 0.717) is 17.4 Å². The third kappa shape index (κ3) is 4.85. The van der Waals surface area contributed by atoms with E-state index in [9.17, 15) is 4.79 Å². The van der Waals surface area contributed by atoms with Crippen LogP contribution in [-0.2, 0) is 0 Å². The minimum atomic E-state index is -0.157. The van der Waals surface area contributed by atoms with Crippen molar-refractivity contribution >= 4 is 11.7 Å². The highest BCUT2D eigenvalue weighted by atomic mass is 16.1. The van der Waals surface area contributed by atoms with Crippen molar-refractivity contribution in [2.45, 2.75) is 46.6 Å². The van der Waals surface area contributed by atoms with Crippen LogP contribution in [0.15, 0.2) is 12.4 Å². The minimum absolute atomic E-state index is 0.157. The van der Waals surface area contributed by atoms with Crippen molar-refractivity contribution < 1.29 is 4.79 Å². The zero-order chi connectivity index (χ0) is 14.3. The standard InChI is InChI=1S/C14H24N4O/c1-5-7-15-13-9-16-12(8-17-13)14(19)18-11(6-2)10(3)4/h8-11H,5-7H2,1-4H3,(H,15,17)(H,18,19). The number of amides is 1. The van der Waals surface area contributed by atoms with Gasteiger partial charge in [0.05, 0.1) is 12.4 Å². The summed E-state index contributed by atoms with van der Waals surface area (Å²) >= 11 is 0. The first-order chi connectivity index (χ1) is 9.08. The van der Waals surface area contributed by atoms with E-state index in [4.69, 9.17) is 0 Å². The van der Waals surface area contributed by atoms with E-state index < -0.39 is 0 Å². The minimum Gasteiger partial charge on any atom is -0.369 e. The Bertz CT molecular complexity index is 389. The Labute approximate surface area is 115 Å². The molecule has 0 fully saturated rings. The van der Waals surface area contributed by atoms with Crippen molar-refractivity contribution in [3.63, 3.8) is 0 Å². The lowest BCUT2D eigenvalue weighted by molar-refractivity contribution is 0.0919. The highest BCUT2D eigenvalue weighted by molar-refractivity contribution is 5.92. The van der Waals surface area contributed by atoms with E-state index in [2.05, 4.69) is 48.3 Å². The Balaban J connectivity index is 2.62. The van der Waals surface area contributed by atoms with Gasteiger partial charge >= 0.3 is 0 Å². The lowest BCUT2D eigenvalue weighted by Gasteiger charge is -2.20. The van der Waals surface area contributed by atoms with Gasteiger partial charge in [-0.2, -0.15) is 0 Å². The quantitative estimate of drug-likeness (QED) is 0.794. The number of nitrogens with one attached hydrogen (secondary N) is 2. The summed E-state index contributed by atoms with van der Waals surface area (Å²) in [5, 5.41) is 6.11. The van der Waals surface area contributed by atoms with Crippen LogP contribution in [0.4, 0.5) is 5.82 Å². The van der Waals surface area contributed by atoms with E-state index in [1.807, 2.05) is 0 Å². The van der Waals surface area contributed by atoms with Gasteiger partial charge in [-0.05, 0) is 18.8 Å². The second-order valence-electron chi connectivity index (χ2n) is 4.95. The fraction of sp³-hybridized carbons (Fsp3) is 0.643. The SMILES string of the molecule is CCCNc1cnc(C(=O)NC(CC)C(C)C)cn1. The molecular weight excluding hydrogens is 240 g/mol. The molecule has 0 spiro atoms. The van der Waals surface area contributed by atoms with Gasteiger partial charge < -0.3 is 10.6 Å². The molecule has 2 N–H and O–H groups in total. The summed E-state index contributed by atoms with van der Waals surface area (Å²) in [4.78, 5) is 20.3. The third-order valence-electron chi connectivity index (χ3n) is 3.00. The molecule has 1 amide bonds. The molecule has 1 rings (SSSR count). The van der Waals surface area contributed by atoms with Gasteiger partial charge in [-0.3, -0.25) is 4.79 Å². The first kappa shape index (κ1) is 15.4. The molecule has 0 saturated carbocycles. The maximum atomic E-state index is 12.0. The summed E-state index contributed by atoms with van der Waals surface area (Å²) in [6.45, 7) is 9.19. The zero-order valence-electron chi connectivity index (χ0n) is 12.2. The van der Waals surface area contributed by atoms with Crippen molar-refractivity contribution in [2.75, 3.05) is 11.9 Å². The molecule has 106 valence electrons. The third-order valence-corrected chi connectivity index (χ3v) is 3.00. The Kier molecular flexibility index (Phi) is 6.25. The molecule has 0 aliphatic carbocycles. The van der Waals surface area contributed by atoms with Crippen LogP contribution in [0.3, 0.4) is 0 Å². The Morgan fingerprint density at radius 2 is 2.00 bits per heavy atom. The number of hydrogen-bond acceptors (Lipinski definition) is 4. The van der Waals surface area contributed by atoms with Crippen molar-refractivity contribution in [3.8, 4) is 0 Å². The van der Waals surface area contributed by atoms with Crippen LogP contribution < -0.4 is 10.6 Å². The molecule has 5 nitrogen and oxygen atoms in total. The summed E-state index contributed by atoms with van der Waals surface area (Å²) in [7, 11) is 0. The monoisotopic (exact) mass is 264 g/mol. The smallest absolute Gasteiger partial charge is 0.271 e. The van der Waals surface area contributed by atoms with Crippen LogP contribution in [0.2, 0.25) is 0 Å². The first-order valence-corrected chi connectivity index (χ1v) is 6.95. The molecule has 0 radical (unpaired) electrons. The van der Waals surface area contributed by atoms with Gasteiger partial charge in [0, 0.05) is 12.6 Å². The molecule has 19 heavy (non-hydrogen) atoms. The van der Waals surface area contributed by atoms with Crippen LogP contribution in [0.5, 0.6) is 0 Å². The first-order valence-electron chi connectivity index (χ1n) is 6.95. The maximum Gasteiger partial charge on any atom is 0.271 e. The molecule has 0 aliphatic rings. The van der Waals surface area contributed by atoms with Crippen molar-refractivity contribution in [1.82, 2.24) is 15.3 Å². The van der Waals surface area contributed by atoms with Crippen molar-refractivity contribution in [1.29, 1.82) is 0 Å². The number of hydrogen-bond donors (Lipinski definition) is 2. The van der Waals surface area contributed by atoms with E-state index in [1.54, 1.807) is 6.20 Å². The number of carbonyl (C=O) groups is 1. The Morgan fingerprint density at radius 1 is 1.26 bits per heavy atom. The normalized spacial score (nSPS) is 12.3. The molecule has 1 heterocycles. The van der Waals surface area contributed by atoms with Gasteiger partial charge in [0.25, 0.3) is 5.91 Å². The molecule has 1 atom stereocenters. The molecular formula is C14H24N4O. The number of carbonyl (C=O) groups excluding carboxylic acids is 1. The van der Waals surface area contributed by atoms with Crippen LogP contribution in [-0.4, -0.2) is 28.5 Å². The second-order valence-corrected chi connectivity index (χ2v) is 4.95. The highest BCUT2D eigenvalue weighted by Crippen LogP contribution is 2.07. The van der Waals surface area contributed by atoms with Crippen molar-refractivity contribution in [2.24, 2.45) is 5.92 Å². The molecule has 0 aromatic carbocycles. The predicted molar refractivity (Wildman–Crippen MR) is 77.2 cm³/mol. The van der Waals surface area contributed by atoms with E-state index in [-0.39, 0.29) is 11.9 Å². The van der Waals surface area contributed by atoms with Gasteiger partial charge in [-0.15, -0.1) is 0 Å². The molecule has 1 aromatic heterocycles. The molecule has 0 saturated heterocycles.